The Kier molecular flexibility index (Phi) is 4.91. The highest BCUT2D eigenvalue weighted by Gasteiger charge is 2.22. The summed E-state index contributed by atoms with van der Waals surface area (Å²) >= 11 is 3.21. The number of thioether (sulfide) groups is 1. The van der Waals surface area contributed by atoms with Gasteiger partial charge >= 0.3 is 0 Å². The third kappa shape index (κ3) is 3.46. The molecule has 0 atom stereocenters. The van der Waals surface area contributed by atoms with E-state index in [2.05, 4.69) is 9.97 Å². The SMILES string of the molecule is CN(Cc1cccc(F)c1)C(=O)CSc1ncnc2sc3c(c12)CCC3. The topological polar surface area (TPSA) is 46.1 Å². The van der Waals surface area contributed by atoms with Gasteiger partial charge in [0, 0.05) is 23.9 Å². The number of aromatic nitrogens is 2. The number of hydrogen-bond acceptors (Lipinski definition) is 5. The number of fused-ring (bicyclic) bond motifs is 3. The van der Waals surface area contributed by atoms with E-state index in [1.54, 1.807) is 35.7 Å². The second-order valence-electron chi connectivity index (χ2n) is 6.38. The normalized spacial score (nSPS) is 13.2. The Morgan fingerprint density at radius 3 is 3.08 bits per heavy atom. The Morgan fingerprint density at radius 2 is 2.23 bits per heavy atom. The maximum Gasteiger partial charge on any atom is 0.233 e. The van der Waals surface area contributed by atoms with E-state index in [0.29, 0.717) is 12.3 Å². The predicted octanol–water partition coefficient (Wildman–Crippen LogP) is 4.07. The quantitative estimate of drug-likeness (QED) is 0.489. The van der Waals surface area contributed by atoms with Crippen LogP contribution in [0.25, 0.3) is 10.2 Å². The number of thiophene rings is 1. The van der Waals surface area contributed by atoms with E-state index in [0.717, 1.165) is 33.6 Å². The summed E-state index contributed by atoms with van der Waals surface area (Å²) in [5, 5.41) is 2.03. The highest BCUT2D eigenvalue weighted by Crippen LogP contribution is 2.40. The summed E-state index contributed by atoms with van der Waals surface area (Å²) in [5.41, 5.74) is 2.15. The smallest absolute Gasteiger partial charge is 0.233 e. The van der Waals surface area contributed by atoms with Crippen LogP contribution in [0.2, 0.25) is 0 Å². The Morgan fingerprint density at radius 1 is 1.35 bits per heavy atom. The lowest BCUT2D eigenvalue weighted by Crippen LogP contribution is -2.27. The molecule has 4 nitrogen and oxygen atoms in total. The number of carbonyl (C=O) groups excluding carboxylic acids is 1. The highest BCUT2D eigenvalue weighted by atomic mass is 32.2. The van der Waals surface area contributed by atoms with Crippen LogP contribution in [0.5, 0.6) is 0 Å². The van der Waals surface area contributed by atoms with Crippen LogP contribution in [0.15, 0.2) is 35.6 Å². The van der Waals surface area contributed by atoms with Crippen molar-refractivity contribution < 1.29 is 9.18 Å². The number of nitrogens with zero attached hydrogens (tertiary/aromatic N) is 3. The number of hydrogen-bond donors (Lipinski definition) is 0. The first-order chi connectivity index (χ1) is 12.6. The Labute approximate surface area is 159 Å². The standard InChI is InChI=1S/C19H18FN3OS2/c1-23(9-12-4-2-5-13(20)8-12)16(24)10-25-18-17-14-6-3-7-15(14)26-19(17)22-11-21-18/h2,4-5,8,11H,3,6-7,9-10H2,1H3. The molecule has 0 unspecified atom stereocenters. The zero-order valence-electron chi connectivity index (χ0n) is 14.4. The number of aryl methyl sites for hydroxylation is 2. The summed E-state index contributed by atoms with van der Waals surface area (Å²) in [6, 6.07) is 6.34. The molecule has 0 radical (unpaired) electrons. The fourth-order valence-corrected chi connectivity index (χ4v) is 5.51. The molecule has 0 aliphatic heterocycles. The van der Waals surface area contributed by atoms with E-state index < -0.39 is 0 Å². The molecule has 7 heteroatoms. The van der Waals surface area contributed by atoms with Crippen molar-refractivity contribution in [2.45, 2.75) is 30.8 Å². The predicted molar refractivity (Wildman–Crippen MR) is 103 cm³/mol. The van der Waals surface area contributed by atoms with Gasteiger partial charge in [0.25, 0.3) is 0 Å². The molecule has 1 aliphatic carbocycles. The molecule has 2 aromatic heterocycles. The third-order valence-corrected chi connectivity index (χ3v) is 6.71. The lowest BCUT2D eigenvalue weighted by molar-refractivity contribution is -0.127. The molecule has 2 heterocycles. The monoisotopic (exact) mass is 387 g/mol. The fourth-order valence-electron chi connectivity index (χ4n) is 3.25. The van der Waals surface area contributed by atoms with Gasteiger partial charge in [-0.25, -0.2) is 14.4 Å². The maximum absolute atomic E-state index is 13.3. The summed E-state index contributed by atoms with van der Waals surface area (Å²) in [6.45, 7) is 0.393. The van der Waals surface area contributed by atoms with Crippen LogP contribution in [0, 0.1) is 5.82 Å². The van der Waals surface area contributed by atoms with Gasteiger partial charge in [-0.1, -0.05) is 23.9 Å². The minimum Gasteiger partial charge on any atom is -0.341 e. The van der Waals surface area contributed by atoms with Crippen molar-refractivity contribution in [3.8, 4) is 0 Å². The van der Waals surface area contributed by atoms with Gasteiger partial charge in [0.1, 0.15) is 22.0 Å². The van der Waals surface area contributed by atoms with Crippen molar-refractivity contribution in [1.29, 1.82) is 0 Å². The zero-order valence-corrected chi connectivity index (χ0v) is 16.0. The molecule has 1 aliphatic rings. The van der Waals surface area contributed by atoms with Crippen molar-refractivity contribution in [1.82, 2.24) is 14.9 Å². The largest absolute Gasteiger partial charge is 0.341 e. The summed E-state index contributed by atoms with van der Waals surface area (Å²) in [7, 11) is 1.74. The molecule has 0 bridgehead atoms. The summed E-state index contributed by atoms with van der Waals surface area (Å²) in [5.74, 6) is 0.0213. The second-order valence-corrected chi connectivity index (χ2v) is 8.43. The number of halogens is 1. The number of benzene rings is 1. The van der Waals surface area contributed by atoms with Crippen LogP contribution >= 0.6 is 23.1 Å². The molecule has 3 aromatic rings. The van der Waals surface area contributed by atoms with Crippen molar-refractivity contribution in [2.75, 3.05) is 12.8 Å². The van der Waals surface area contributed by atoms with Gasteiger partial charge in [-0.2, -0.15) is 0 Å². The van der Waals surface area contributed by atoms with Crippen LogP contribution in [0.3, 0.4) is 0 Å². The molecule has 26 heavy (non-hydrogen) atoms. The molecule has 0 N–H and O–H groups in total. The molecule has 4 rings (SSSR count). The first-order valence-corrected chi connectivity index (χ1v) is 10.3. The van der Waals surface area contributed by atoms with Gasteiger partial charge in [0.15, 0.2) is 0 Å². The molecule has 0 saturated carbocycles. The van der Waals surface area contributed by atoms with Crippen LogP contribution < -0.4 is 0 Å². The van der Waals surface area contributed by atoms with Crippen LogP contribution in [0.1, 0.15) is 22.4 Å². The lowest BCUT2D eigenvalue weighted by Gasteiger charge is -2.17. The van der Waals surface area contributed by atoms with Crippen molar-refractivity contribution >= 4 is 39.2 Å². The average molecular weight is 388 g/mol. The van der Waals surface area contributed by atoms with Gasteiger partial charge in [-0.05, 0) is 42.5 Å². The van der Waals surface area contributed by atoms with E-state index in [1.807, 2.05) is 6.07 Å². The average Bonchev–Trinajstić information content (AvgIpc) is 3.20. The van der Waals surface area contributed by atoms with Crippen LogP contribution in [-0.4, -0.2) is 33.6 Å². The number of carbonyl (C=O) groups is 1. The molecule has 0 spiro atoms. The van der Waals surface area contributed by atoms with Crippen LogP contribution in [0.4, 0.5) is 4.39 Å². The maximum atomic E-state index is 13.3. The van der Waals surface area contributed by atoms with E-state index in [1.165, 1.54) is 40.8 Å². The first kappa shape index (κ1) is 17.4. The van der Waals surface area contributed by atoms with Crippen molar-refractivity contribution in [3.05, 3.63) is 52.4 Å². The minimum atomic E-state index is -0.285. The van der Waals surface area contributed by atoms with Gasteiger partial charge in [0.2, 0.25) is 5.91 Å². The van der Waals surface area contributed by atoms with Gasteiger partial charge in [-0.3, -0.25) is 4.79 Å². The van der Waals surface area contributed by atoms with E-state index in [-0.39, 0.29) is 11.7 Å². The fraction of sp³-hybridized carbons (Fsp3) is 0.316. The van der Waals surface area contributed by atoms with E-state index >= 15 is 0 Å². The van der Waals surface area contributed by atoms with Gasteiger partial charge in [-0.15, -0.1) is 11.3 Å². The molecule has 1 amide bonds. The molecule has 1 aromatic carbocycles. The second kappa shape index (κ2) is 7.32. The van der Waals surface area contributed by atoms with E-state index in [4.69, 9.17) is 0 Å². The molecular formula is C19H18FN3OS2. The molecule has 0 fully saturated rings. The van der Waals surface area contributed by atoms with Gasteiger partial charge in [0.05, 0.1) is 5.75 Å². The minimum absolute atomic E-state index is 0.00195. The Bertz CT molecular complexity index is 973. The number of amides is 1. The number of rotatable bonds is 5. The Hall–Kier alpha value is -1.99. The molecule has 0 saturated heterocycles. The zero-order chi connectivity index (χ0) is 18.1. The van der Waals surface area contributed by atoms with E-state index in [9.17, 15) is 9.18 Å². The van der Waals surface area contributed by atoms with Crippen molar-refractivity contribution in [2.24, 2.45) is 0 Å². The first-order valence-electron chi connectivity index (χ1n) is 8.48. The summed E-state index contributed by atoms with van der Waals surface area (Å²) in [4.78, 5) is 25.4. The highest BCUT2D eigenvalue weighted by molar-refractivity contribution is 8.00. The summed E-state index contributed by atoms with van der Waals surface area (Å²) < 4.78 is 13.3. The summed E-state index contributed by atoms with van der Waals surface area (Å²) in [6.07, 6.45) is 4.96. The molecular weight excluding hydrogens is 369 g/mol. The van der Waals surface area contributed by atoms with Gasteiger partial charge < -0.3 is 4.90 Å². The molecule has 134 valence electrons. The Balaban J connectivity index is 1.45. The lowest BCUT2D eigenvalue weighted by atomic mass is 10.2. The van der Waals surface area contributed by atoms with Crippen LogP contribution in [-0.2, 0) is 24.2 Å². The third-order valence-electron chi connectivity index (χ3n) is 4.53. The van der Waals surface area contributed by atoms with Crippen molar-refractivity contribution in [3.63, 3.8) is 0 Å².